The van der Waals surface area contributed by atoms with Crippen LogP contribution >= 0.6 is 0 Å². The van der Waals surface area contributed by atoms with Crippen LogP contribution in [0.1, 0.15) is 79.1 Å². The highest BCUT2D eigenvalue weighted by Crippen LogP contribution is 2.66. The largest absolute Gasteiger partial charge is 0.463 e. The molecule has 0 N–H and O–H groups in total. The first kappa shape index (κ1) is 18.3. The van der Waals surface area contributed by atoms with Crippen molar-refractivity contribution in [3.8, 4) is 0 Å². The molecule has 3 heteroatoms. The molecule has 26 heavy (non-hydrogen) atoms. The van der Waals surface area contributed by atoms with Crippen LogP contribution in [0.4, 0.5) is 0 Å². The van der Waals surface area contributed by atoms with Crippen molar-refractivity contribution in [1.82, 2.24) is 0 Å². The molecule has 0 amide bonds. The number of hydrogen-bond donors (Lipinski definition) is 0. The first-order valence-electron chi connectivity index (χ1n) is 10.6. The highest BCUT2D eigenvalue weighted by Gasteiger charge is 2.59. The Balaban J connectivity index is 1.54. The molecule has 3 unspecified atom stereocenters. The number of ketones is 1. The van der Waals surface area contributed by atoms with Crippen LogP contribution < -0.4 is 0 Å². The monoisotopic (exact) mass is 358 g/mol. The number of allylic oxidation sites excluding steroid dienone is 2. The van der Waals surface area contributed by atoms with Crippen molar-refractivity contribution in [2.45, 2.75) is 85.2 Å². The molecule has 0 aromatic rings. The Kier molecular flexibility index (Phi) is 4.36. The van der Waals surface area contributed by atoms with Crippen LogP contribution in [-0.2, 0) is 14.3 Å². The van der Waals surface area contributed by atoms with Gasteiger partial charge in [0, 0.05) is 6.92 Å². The van der Waals surface area contributed by atoms with Gasteiger partial charge in [0.05, 0.1) is 0 Å². The smallest absolute Gasteiger partial charge is 0.302 e. The molecule has 4 aliphatic rings. The number of fused-ring (bicyclic) bond motifs is 5. The van der Waals surface area contributed by atoms with E-state index in [1.54, 1.807) is 6.92 Å². The SMILES string of the molecule is CC(=O)O[C@H]1CC[C@]2(C)C3CC[C@]4(C)C(C(C)=O)=CCC4C3CC[C@@H]2C1. The van der Waals surface area contributed by atoms with Crippen LogP contribution in [0.15, 0.2) is 11.6 Å². The van der Waals surface area contributed by atoms with Gasteiger partial charge in [-0.05, 0) is 98.4 Å². The Morgan fingerprint density at radius 1 is 1.04 bits per heavy atom. The zero-order valence-electron chi connectivity index (χ0n) is 16.8. The highest BCUT2D eigenvalue weighted by molar-refractivity contribution is 5.95. The van der Waals surface area contributed by atoms with Crippen LogP contribution in [0.25, 0.3) is 0 Å². The van der Waals surface area contributed by atoms with Gasteiger partial charge in [0.25, 0.3) is 0 Å². The molecule has 0 saturated heterocycles. The average molecular weight is 359 g/mol. The van der Waals surface area contributed by atoms with E-state index in [1.165, 1.54) is 39.0 Å². The Morgan fingerprint density at radius 2 is 1.81 bits per heavy atom. The van der Waals surface area contributed by atoms with Gasteiger partial charge in [0.2, 0.25) is 0 Å². The van der Waals surface area contributed by atoms with E-state index in [-0.39, 0.29) is 23.3 Å². The summed E-state index contributed by atoms with van der Waals surface area (Å²) < 4.78 is 5.56. The van der Waals surface area contributed by atoms with E-state index in [0.29, 0.717) is 17.3 Å². The Bertz CT molecular complexity index is 650. The number of hydrogen-bond acceptors (Lipinski definition) is 3. The third kappa shape index (κ3) is 2.60. The summed E-state index contributed by atoms with van der Waals surface area (Å²) in [7, 11) is 0. The predicted octanol–water partition coefficient (Wildman–Crippen LogP) is 5.09. The Morgan fingerprint density at radius 3 is 2.50 bits per heavy atom. The maximum atomic E-state index is 12.2. The summed E-state index contributed by atoms with van der Waals surface area (Å²) in [6.45, 7) is 8.17. The highest BCUT2D eigenvalue weighted by atomic mass is 16.5. The van der Waals surface area contributed by atoms with Crippen molar-refractivity contribution in [2.75, 3.05) is 0 Å². The number of rotatable bonds is 2. The molecule has 0 heterocycles. The van der Waals surface area contributed by atoms with E-state index in [2.05, 4.69) is 19.9 Å². The Labute approximate surface area is 157 Å². The second-order valence-electron chi connectivity index (χ2n) is 10.0. The lowest BCUT2D eigenvalue weighted by molar-refractivity contribution is -0.159. The van der Waals surface area contributed by atoms with E-state index < -0.39 is 0 Å². The van der Waals surface area contributed by atoms with Gasteiger partial charge in [-0.3, -0.25) is 9.59 Å². The molecule has 0 radical (unpaired) electrons. The molecule has 144 valence electrons. The summed E-state index contributed by atoms with van der Waals surface area (Å²) in [4.78, 5) is 23.5. The molecule has 4 rings (SSSR count). The van der Waals surface area contributed by atoms with Crippen molar-refractivity contribution in [2.24, 2.45) is 34.5 Å². The molecule has 0 spiro atoms. The van der Waals surface area contributed by atoms with Crippen molar-refractivity contribution >= 4 is 11.8 Å². The van der Waals surface area contributed by atoms with Crippen LogP contribution in [0.2, 0.25) is 0 Å². The zero-order chi connectivity index (χ0) is 18.7. The quantitative estimate of drug-likeness (QED) is 0.646. The second kappa shape index (κ2) is 6.21. The Hall–Kier alpha value is -1.12. The van der Waals surface area contributed by atoms with Gasteiger partial charge >= 0.3 is 5.97 Å². The summed E-state index contributed by atoms with van der Waals surface area (Å²) in [5, 5.41) is 0. The number of Topliss-reactive ketones (excluding diaryl/α,β-unsaturated/α-hetero) is 1. The zero-order valence-corrected chi connectivity index (χ0v) is 16.8. The lowest BCUT2D eigenvalue weighted by Crippen LogP contribution is -2.54. The normalized spacial score (nSPS) is 47.2. The summed E-state index contributed by atoms with van der Waals surface area (Å²) in [5.41, 5.74) is 1.62. The fraction of sp³-hybridized carbons (Fsp3) is 0.826. The molecule has 3 nitrogen and oxygen atoms in total. The lowest BCUT2D eigenvalue weighted by atomic mass is 9.44. The van der Waals surface area contributed by atoms with Gasteiger partial charge in [-0.25, -0.2) is 0 Å². The molecular weight excluding hydrogens is 324 g/mol. The van der Waals surface area contributed by atoms with E-state index in [4.69, 9.17) is 4.74 Å². The lowest BCUT2D eigenvalue weighted by Gasteiger charge is -2.60. The first-order valence-corrected chi connectivity index (χ1v) is 10.6. The molecule has 7 atom stereocenters. The minimum atomic E-state index is -0.130. The topological polar surface area (TPSA) is 43.4 Å². The summed E-state index contributed by atoms with van der Waals surface area (Å²) in [6, 6.07) is 0. The van der Waals surface area contributed by atoms with Gasteiger partial charge in [-0.2, -0.15) is 0 Å². The van der Waals surface area contributed by atoms with E-state index in [9.17, 15) is 9.59 Å². The third-order valence-electron chi connectivity index (χ3n) is 8.91. The second-order valence-corrected chi connectivity index (χ2v) is 10.0. The molecular formula is C23H34O3. The molecule has 4 aliphatic carbocycles. The van der Waals surface area contributed by atoms with Gasteiger partial charge in [0.1, 0.15) is 6.10 Å². The molecule has 0 aromatic heterocycles. The summed E-state index contributed by atoms with van der Waals surface area (Å²) in [6.07, 6.45) is 11.7. The minimum absolute atomic E-state index is 0.116. The van der Waals surface area contributed by atoms with Crippen molar-refractivity contribution in [3.05, 3.63) is 11.6 Å². The molecule has 0 bridgehead atoms. The van der Waals surface area contributed by atoms with E-state index in [0.717, 1.165) is 36.7 Å². The molecule has 0 aliphatic heterocycles. The predicted molar refractivity (Wildman–Crippen MR) is 101 cm³/mol. The number of carbonyl (C=O) groups is 2. The van der Waals surface area contributed by atoms with E-state index in [1.807, 2.05) is 0 Å². The standard InChI is InChI=1S/C23H34O3/c1-14(24)19-7-8-20-18-6-5-16-13-17(26-15(2)25)9-11-22(16,3)21(18)10-12-23(19,20)4/h7,16-18,20-21H,5-6,8-13H2,1-4H3/t16-,17+,18?,20?,21?,22+,23-/m1/s1. The average Bonchev–Trinajstić information content (AvgIpc) is 2.92. The van der Waals surface area contributed by atoms with Gasteiger partial charge < -0.3 is 4.74 Å². The fourth-order valence-corrected chi connectivity index (χ4v) is 7.67. The molecule has 3 fully saturated rings. The van der Waals surface area contributed by atoms with Gasteiger partial charge in [-0.1, -0.05) is 19.9 Å². The van der Waals surface area contributed by atoms with Gasteiger partial charge in [-0.15, -0.1) is 0 Å². The van der Waals surface area contributed by atoms with Crippen molar-refractivity contribution < 1.29 is 14.3 Å². The van der Waals surface area contributed by atoms with Gasteiger partial charge in [0.15, 0.2) is 5.78 Å². The number of ether oxygens (including phenoxy) is 1. The first-order chi connectivity index (χ1) is 12.3. The summed E-state index contributed by atoms with van der Waals surface area (Å²) in [5.74, 6) is 3.03. The summed E-state index contributed by atoms with van der Waals surface area (Å²) >= 11 is 0. The van der Waals surface area contributed by atoms with Crippen LogP contribution in [0, 0.1) is 34.5 Å². The van der Waals surface area contributed by atoms with Crippen LogP contribution in [-0.4, -0.2) is 17.9 Å². The van der Waals surface area contributed by atoms with Crippen molar-refractivity contribution in [1.29, 1.82) is 0 Å². The maximum absolute atomic E-state index is 12.2. The third-order valence-corrected chi connectivity index (χ3v) is 8.91. The number of esters is 1. The molecule has 0 aromatic carbocycles. The maximum Gasteiger partial charge on any atom is 0.302 e. The molecule has 3 saturated carbocycles. The van der Waals surface area contributed by atoms with Crippen LogP contribution in [0.5, 0.6) is 0 Å². The number of carbonyl (C=O) groups excluding carboxylic acids is 2. The van der Waals surface area contributed by atoms with Crippen molar-refractivity contribution in [3.63, 3.8) is 0 Å². The minimum Gasteiger partial charge on any atom is -0.463 e. The van der Waals surface area contributed by atoms with E-state index >= 15 is 0 Å². The van der Waals surface area contributed by atoms with Crippen LogP contribution in [0.3, 0.4) is 0 Å². The fourth-order valence-electron chi connectivity index (χ4n) is 7.67.